The number of carbonyl (C=O) groups is 2. The molecule has 1 heterocycles. The van der Waals surface area contributed by atoms with Gasteiger partial charge in [0.05, 0.1) is 12.0 Å². The van der Waals surface area contributed by atoms with Crippen LogP contribution in [0.5, 0.6) is 0 Å². The van der Waals surface area contributed by atoms with Gasteiger partial charge in [0.25, 0.3) is 0 Å². The van der Waals surface area contributed by atoms with Crippen LogP contribution < -0.4 is 0 Å². The van der Waals surface area contributed by atoms with Crippen molar-refractivity contribution in [1.82, 2.24) is 0 Å². The summed E-state index contributed by atoms with van der Waals surface area (Å²) in [4.78, 5) is 22.4. The molecule has 4 heteroatoms. The maximum atomic E-state index is 11.6. The highest BCUT2D eigenvalue weighted by Crippen LogP contribution is 2.16. The van der Waals surface area contributed by atoms with Gasteiger partial charge in [-0.15, -0.1) is 0 Å². The number of hydrogen-bond acceptors (Lipinski definition) is 4. The Morgan fingerprint density at radius 3 is 2.80 bits per heavy atom. The lowest BCUT2D eigenvalue weighted by Crippen LogP contribution is -2.05. The zero-order valence-electron chi connectivity index (χ0n) is 10.9. The third kappa shape index (κ3) is 4.29. The first-order valence-electron chi connectivity index (χ1n) is 6.36. The first kappa shape index (κ1) is 13.9. The molecule has 1 aliphatic heterocycles. The van der Waals surface area contributed by atoms with Crippen molar-refractivity contribution in [3.8, 4) is 11.8 Å². The molecule has 0 N–H and O–H groups in total. The zero-order chi connectivity index (χ0) is 14.2. The Morgan fingerprint density at radius 2 is 2.10 bits per heavy atom. The van der Waals surface area contributed by atoms with E-state index in [-0.39, 0.29) is 18.5 Å². The highest BCUT2D eigenvalue weighted by atomic mass is 16.5. The van der Waals surface area contributed by atoms with Gasteiger partial charge in [-0.05, 0) is 12.1 Å². The quantitative estimate of drug-likeness (QED) is 0.481. The Labute approximate surface area is 117 Å². The minimum Gasteiger partial charge on any atom is -0.461 e. The van der Waals surface area contributed by atoms with Crippen molar-refractivity contribution in [3.05, 3.63) is 47.7 Å². The largest absolute Gasteiger partial charge is 0.461 e. The molecule has 0 aliphatic carbocycles. The van der Waals surface area contributed by atoms with Gasteiger partial charge in [-0.3, -0.25) is 4.79 Å². The van der Waals surface area contributed by atoms with Gasteiger partial charge < -0.3 is 9.47 Å². The van der Waals surface area contributed by atoms with E-state index in [4.69, 9.17) is 9.47 Å². The second-order valence-electron chi connectivity index (χ2n) is 4.16. The van der Waals surface area contributed by atoms with Crippen LogP contribution in [0.15, 0.2) is 42.2 Å². The van der Waals surface area contributed by atoms with Crippen molar-refractivity contribution in [2.24, 2.45) is 0 Å². The van der Waals surface area contributed by atoms with E-state index in [1.54, 1.807) is 30.3 Å². The average molecular weight is 270 g/mol. The van der Waals surface area contributed by atoms with Crippen LogP contribution in [0.4, 0.5) is 0 Å². The Kier molecular flexibility index (Phi) is 4.96. The summed E-state index contributed by atoms with van der Waals surface area (Å²) in [5.74, 6) is 5.66. The number of ether oxygens (including phenoxy) is 2. The van der Waals surface area contributed by atoms with Crippen LogP contribution in [-0.4, -0.2) is 18.5 Å². The van der Waals surface area contributed by atoms with Gasteiger partial charge in [-0.2, -0.15) is 0 Å². The number of allylic oxidation sites excluding steroid dienone is 2. The summed E-state index contributed by atoms with van der Waals surface area (Å²) in [6.07, 6.45) is 3.05. The van der Waals surface area contributed by atoms with Crippen LogP contribution >= 0.6 is 0 Å². The number of benzene rings is 1. The third-order valence-electron chi connectivity index (χ3n) is 2.63. The van der Waals surface area contributed by atoms with Gasteiger partial charge in [0.15, 0.2) is 0 Å². The number of esters is 2. The van der Waals surface area contributed by atoms with Crippen molar-refractivity contribution >= 4 is 11.9 Å². The highest BCUT2D eigenvalue weighted by molar-refractivity contribution is 5.89. The van der Waals surface area contributed by atoms with Crippen molar-refractivity contribution in [2.45, 2.75) is 19.3 Å². The molecular weight excluding hydrogens is 256 g/mol. The predicted molar refractivity (Wildman–Crippen MR) is 72.5 cm³/mol. The fourth-order valence-corrected chi connectivity index (χ4v) is 1.63. The normalized spacial score (nSPS) is 15.4. The monoisotopic (exact) mass is 270 g/mol. The van der Waals surface area contributed by atoms with Gasteiger partial charge in [0.1, 0.15) is 12.4 Å². The molecule has 0 radical (unpaired) electrons. The molecule has 2 rings (SSSR count). The van der Waals surface area contributed by atoms with Crippen LogP contribution in [0.25, 0.3) is 0 Å². The molecule has 0 amide bonds. The van der Waals surface area contributed by atoms with Gasteiger partial charge in [-0.25, -0.2) is 4.79 Å². The molecule has 1 saturated heterocycles. The summed E-state index contributed by atoms with van der Waals surface area (Å²) in [7, 11) is 0. The Bertz CT molecular complexity index is 575. The van der Waals surface area contributed by atoms with E-state index in [2.05, 4.69) is 11.8 Å². The standard InChI is InChI=1S/C16H14O4/c17-15-11-10-14(20-15)9-5-2-6-12-19-16(18)13-7-3-1-4-8-13/h1,3-4,7-9H,6,10-12H2/b14-9+. The molecule has 1 aromatic rings. The number of rotatable bonds is 3. The fraction of sp³-hybridized carbons (Fsp3) is 0.250. The topological polar surface area (TPSA) is 52.6 Å². The maximum Gasteiger partial charge on any atom is 0.338 e. The lowest BCUT2D eigenvalue weighted by Gasteiger charge is -2.01. The summed E-state index contributed by atoms with van der Waals surface area (Å²) in [5.41, 5.74) is 0.528. The van der Waals surface area contributed by atoms with E-state index in [0.29, 0.717) is 30.6 Å². The van der Waals surface area contributed by atoms with Crippen LogP contribution in [0, 0.1) is 11.8 Å². The summed E-state index contributed by atoms with van der Waals surface area (Å²) < 4.78 is 9.97. The van der Waals surface area contributed by atoms with Gasteiger partial charge in [0, 0.05) is 18.9 Å². The molecule has 4 nitrogen and oxygen atoms in total. The van der Waals surface area contributed by atoms with Crippen molar-refractivity contribution in [2.75, 3.05) is 6.61 Å². The second kappa shape index (κ2) is 7.15. The maximum absolute atomic E-state index is 11.6. The molecule has 0 bridgehead atoms. The SMILES string of the molecule is O=C1CC/C(=C\C#CCCOC(=O)c2ccccc2)O1. The van der Waals surface area contributed by atoms with Crippen molar-refractivity contribution < 1.29 is 19.1 Å². The van der Waals surface area contributed by atoms with E-state index in [1.807, 2.05) is 6.07 Å². The van der Waals surface area contributed by atoms with Gasteiger partial charge >= 0.3 is 11.9 Å². The number of cyclic esters (lactones) is 1. The minimum absolute atomic E-state index is 0.213. The fourth-order valence-electron chi connectivity index (χ4n) is 1.63. The second-order valence-corrected chi connectivity index (χ2v) is 4.16. The van der Waals surface area contributed by atoms with E-state index in [1.165, 1.54) is 0 Å². The smallest absolute Gasteiger partial charge is 0.338 e. The zero-order valence-corrected chi connectivity index (χ0v) is 10.9. The molecule has 20 heavy (non-hydrogen) atoms. The first-order valence-corrected chi connectivity index (χ1v) is 6.36. The van der Waals surface area contributed by atoms with E-state index in [9.17, 15) is 9.59 Å². The van der Waals surface area contributed by atoms with Crippen LogP contribution in [-0.2, 0) is 14.3 Å². The number of hydrogen-bond donors (Lipinski definition) is 0. The average Bonchev–Trinajstić information content (AvgIpc) is 2.89. The van der Waals surface area contributed by atoms with Crippen molar-refractivity contribution in [3.63, 3.8) is 0 Å². The summed E-state index contributed by atoms with van der Waals surface area (Å²) in [5, 5.41) is 0. The molecule has 102 valence electrons. The van der Waals surface area contributed by atoms with Crippen LogP contribution in [0.3, 0.4) is 0 Å². The highest BCUT2D eigenvalue weighted by Gasteiger charge is 2.15. The lowest BCUT2D eigenvalue weighted by atomic mass is 10.2. The lowest BCUT2D eigenvalue weighted by molar-refractivity contribution is -0.135. The molecule has 0 unspecified atom stereocenters. The van der Waals surface area contributed by atoms with Gasteiger partial charge in [-0.1, -0.05) is 30.0 Å². The number of carbonyl (C=O) groups excluding carboxylic acids is 2. The molecule has 1 fully saturated rings. The summed E-state index contributed by atoms with van der Waals surface area (Å²) >= 11 is 0. The molecule has 0 saturated carbocycles. The predicted octanol–water partition coefficient (Wildman–Crippen LogP) is 2.46. The molecule has 0 aromatic heterocycles. The molecule has 1 aromatic carbocycles. The minimum atomic E-state index is -0.351. The van der Waals surface area contributed by atoms with Crippen molar-refractivity contribution in [1.29, 1.82) is 0 Å². The van der Waals surface area contributed by atoms with E-state index >= 15 is 0 Å². The van der Waals surface area contributed by atoms with Crippen LogP contribution in [0.2, 0.25) is 0 Å². The van der Waals surface area contributed by atoms with Crippen LogP contribution in [0.1, 0.15) is 29.6 Å². The Morgan fingerprint density at radius 1 is 1.30 bits per heavy atom. The summed E-state index contributed by atoms with van der Waals surface area (Å²) in [6.45, 7) is 0.240. The molecule has 0 spiro atoms. The third-order valence-corrected chi connectivity index (χ3v) is 2.63. The summed E-state index contributed by atoms with van der Waals surface area (Å²) in [6, 6.07) is 8.81. The van der Waals surface area contributed by atoms with E-state index < -0.39 is 0 Å². The molecular formula is C16H14O4. The first-order chi connectivity index (χ1) is 9.75. The van der Waals surface area contributed by atoms with Gasteiger partial charge in [0.2, 0.25) is 0 Å². The van der Waals surface area contributed by atoms with E-state index in [0.717, 1.165) is 0 Å². The Hall–Kier alpha value is -2.54. The molecule has 1 aliphatic rings. The Balaban J connectivity index is 1.70. The molecule has 0 atom stereocenters.